The first-order valence-corrected chi connectivity index (χ1v) is 5.24. The molecule has 0 aromatic heterocycles. The smallest absolute Gasteiger partial charge is 0.214 e. The molecule has 0 heterocycles. The van der Waals surface area contributed by atoms with E-state index in [0.29, 0.717) is 5.56 Å². The van der Waals surface area contributed by atoms with Crippen LogP contribution in [0.25, 0.3) is 4.91 Å². The van der Waals surface area contributed by atoms with Crippen molar-refractivity contribution in [2.45, 2.75) is 0 Å². The third kappa shape index (κ3) is 2.17. The predicted molar refractivity (Wildman–Crippen MR) is 53.5 cm³/mol. The Labute approximate surface area is 78.1 Å². The van der Waals surface area contributed by atoms with E-state index in [1.54, 1.807) is 24.3 Å². The molecule has 13 heavy (non-hydrogen) atoms. The lowest BCUT2D eigenvalue weighted by molar-refractivity contribution is 0.598. The van der Waals surface area contributed by atoms with E-state index < -0.39 is 10.0 Å². The standard InChI is InChI=1S/C9H11NO2S/c1-8(13(11,12)10-2)9-6-4-3-5-7-9/h3-7,10H,1H2,2H3. The van der Waals surface area contributed by atoms with E-state index in [2.05, 4.69) is 11.3 Å². The molecule has 0 aliphatic carbocycles. The van der Waals surface area contributed by atoms with Gasteiger partial charge in [-0.1, -0.05) is 36.9 Å². The monoisotopic (exact) mass is 197 g/mol. The first-order chi connectivity index (χ1) is 6.08. The minimum Gasteiger partial charge on any atom is -0.214 e. The van der Waals surface area contributed by atoms with Gasteiger partial charge in [0.05, 0.1) is 4.91 Å². The zero-order chi connectivity index (χ0) is 9.90. The van der Waals surface area contributed by atoms with E-state index in [1.807, 2.05) is 6.07 Å². The second kappa shape index (κ2) is 3.72. The number of rotatable bonds is 3. The van der Waals surface area contributed by atoms with E-state index in [4.69, 9.17) is 0 Å². The van der Waals surface area contributed by atoms with Crippen LogP contribution in [0.1, 0.15) is 5.56 Å². The minimum atomic E-state index is -3.40. The molecule has 1 aromatic carbocycles. The zero-order valence-corrected chi connectivity index (χ0v) is 8.14. The molecule has 0 saturated heterocycles. The zero-order valence-electron chi connectivity index (χ0n) is 7.32. The van der Waals surface area contributed by atoms with Crippen LogP contribution in [0.4, 0.5) is 0 Å². The van der Waals surface area contributed by atoms with Crippen molar-refractivity contribution in [1.82, 2.24) is 4.72 Å². The van der Waals surface area contributed by atoms with Crippen LogP contribution in [0.2, 0.25) is 0 Å². The van der Waals surface area contributed by atoms with Crippen molar-refractivity contribution in [2.75, 3.05) is 7.05 Å². The van der Waals surface area contributed by atoms with Crippen LogP contribution in [-0.2, 0) is 10.0 Å². The van der Waals surface area contributed by atoms with Gasteiger partial charge in [0.2, 0.25) is 10.0 Å². The summed E-state index contributed by atoms with van der Waals surface area (Å²) in [5.74, 6) is 0. The molecule has 4 heteroatoms. The lowest BCUT2D eigenvalue weighted by Crippen LogP contribution is -2.18. The molecule has 1 rings (SSSR count). The summed E-state index contributed by atoms with van der Waals surface area (Å²) in [6.45, 7) is 3.52. The highest BCUT2D eigenvalue weighted by Gasteiger charge is 2.13. The van der Waals surface area contributed by atoms with E-state index >= 15 is 0 Å². The first-order valence-electron chi connectivity index (χ1n) is 3.76. The number of nitrogens with one attached hydrogen (secondary N) is 1. The van der Waals surface area contributed by atoms with Crippen molar-refractivity contribution in [3.63, 3.8) is 0 Å². The number of hydrogen-bond donors (Lipinski definition) is 1. The maximum absolute atomic E-state index is 11.3. The third-order valence-electron chi connectivity index (χ3n) is 1.69. The normalized spacial score (nSPS) is 11.2. The van der Waals surface area contributed by atoms with Crippen LogP contribution in [0.3, 0.4) is 0 Å². The maximum Gasteiger partial charge on any atom is 0.240 e. The van der Waals surface area contributed by atoms with Gasteiger partial charge in [-0.25, -0.2) is 13.1 Å². The van der Waals surface area contributed by atoms with Crippen LogP contribution in [0.5, 0.6) is 0 Å². The molecule has 70 valence electrons. The molecule has 0 aliphatic heterocycles. The van der Waals surface area contributed by atoms with E-state index in [-0.39, 0.29) is 4.91 Å². The molecule has 0 atom stereocenters. The van der Waals surface area contributed by atoms with Crippen molar-refractivity contribution >= 4 is 14.9 Å². The minimum absolute atomic E-state index is 0.0931. The second-order valence-electron chi connectivity index (χ2n) is 2.50. The van der Waals surface area contributed by atoms with Gasteiger partial charge < -0.3 is 0 Å². The summed E-state index contributed by atoms with van der Waals surface area (Å²) >= 11 is 0. The fraction of sp³-hybridized carbons (Fsp3) is 0.111. The fourth-order valence-corrected chi connectivity index (χ4v) is 1.60. The Balaban J connectivity index is 3.07. The Hall–Kier alpha value is -1.13. The van der Waals surface area contributed by atoms with Gasteiger partial charge in [-0.2, -0.15) is 0 Å². The molecule has 0 fully saturated rings. The molecule has 0 radical (unpaired) electrons. The molecular weight excluding hydrogens is 186 g/mol. The second-order valence-corrected chi connectivity index (χ2v) is 4.40. The number of hydrogen-bond acceptors (Lipinski definition) is 2. The average molecular weight is 197 g/mol. The highest BCUT2D eigenvalue weighted by atomic mass is 32.2. The van der Waals surface area contributed by atoms with Gasteiger partial charge >= 0.3 is 0 Å². The highest BCUT2D eigenvalue weighted by molar-refractivity contribution is 7.98. The lowest BCUT2D eigenvalue weighted by atomic mass is 10.2. The van der Waals surface area contributed by atoms with Gasteiger partial charge in [0.1, 0.15) is 0 Å². The SMILES string of the molecule is C=C(c1ccccc1)S(=O)(=O)NC. The molecule has 0 bridgehead atoms. The summed E-state index contributed by atoms with van der Waals surface area (Å²) in [5, 5.41) is 0. The van der Waals surface area contributed by atoms with Gasteiger partial charge in [-0.15, -0.1) is 0 Å². The summed E-state index contributed by atoms with van der Waals surface area (Å²) in [4.78, 5) is 0.0931. The molecule has 3 nitrogen and oxygen atoms in total. The van der Waals surface area contributed by atoms with Crippen molar-refractivity contribution in [2.24, 2.45) is 0 Å². The Morgan fingerprint density at radius 3 is 2.31 bits per heavy atom. The van der Waals surface area contributed by atoms with Crippen molar-refractivity contribution in [1.29, 1.82) is 0 Å². The van der Waals surface area contributed by atoms with Crippen LogP contribution >= 0.6 is 0 Å². The van der Waals surface area contributed by atoms with Crippen LogP contribution in [-0.4, -0.2) is 15.5 Å². The quantitative estimate of drug-likeness (QED) is 0.791. The predicted octanol–water partition coefficient (Wildman–Crippen LogP) is 1.21. The molecular formula is C9H11NO2S. The fourth-order valence-electron chi connectivity index (χ4n) is 0.902. The van der Waals surface area contributed by atoms with Gasteiger partial charge in [-0.05, 0) is 12.6 Å². The summed E-state index contributed by atoms with van der Waals surface area (Å²) < 4.78 is 24.8. The summed E-state index contributed by atoms with van der Waals surface area (Å²) in [6.07, 6.45) is 0. The Morgan fingerprint density at radius 2 is 1.85 bits per heavy atom. The maximum atomic E-state index is 11.3. The van der Waals surface area contributed by atoms with Crippen molar-refractivity contribution in [3.05, 3.63) is 42.5 Å². The van der Waals surface area contributed by atoms with Crippen LogP contribution < -0.4 is 4.72 Å². The largest absolute Gasteiger partial charge is 0.240 e. The molecule has 1 N–H and O–H groups in total. The van der Waals surface area contributed by atoms with E-state index in [9.17, 15) is 8.42 Å². The first kappa shape index (κ1) is 9.95. The van der Waals surface area contributed by atoms with Crippen LogP contribution in [0.15, 0.2) is 36.9 Å². The van der Waals surface area contributed by atoms with Gasteiger partial charge in [0, 0.05) is 0 Å². The number of sulfonamides is 1. The topological polar surface area (TPSA) is 46.2 Å². The van der Waals surface area contributed by atoms with Crippen LogP contribution in [0, 0.1) is 0 Å². The third-order valence-corrected chi connectivity index (χ3v) is 3.11. The summed E-state index contributed by atoms with van der Waals surface area (Å²) in [6, 6.07) is 8.77. The Bertz CT molecular complexity index is 395. The molecule has 1 aromatic rings. The Morgan fingerprint density at radius 1 is 1.31 bits per heavy atom. The average Bonchev–Trinajstić information content (AvgIpc) is 2.18. The van der Waals surface area contributed by atoms with Gasteiger partial charge in [0.25, 0.3) is 0 Å². The summed E-state index contributed by atoms with van der Waals surface area (Å²) in [5.41, 5.74) is 0.608. The molecule has 0 spiro atoms. The van der Waals surface area contributed by atoms with E-state index in [1.165, 1.54) is 7.05 Å². The molecule has 0 saturated carbocycles. The molecule has 0 aliphatic rings. The van der Waals surface area contributed by atoms with Gasteiger partial charge in [-0.3, -0.25) is 0 Å². The molecule has 0 amide bonds. The van der Waals surface area contributed by atoms with E-state index in [0.717, 1.165) is 0 Å². The molecule has 0 unspecified atom stereocenters. The highest BCUT2D eigenvalue weighted by Crippen LogP contribution is 2.16. The summed E-state index contributed by atoms with van der Waals surface area (Å²) in [7, 11) is -2.03. The van der Waals surface area contributed by atoms with Crippen molar-refractivity contribution in [3.8, 4) is 0 Å². The van der Waals surface area contributed by atoms with Crippen molar-refractivity contribution < 1.29 is 8.42 Å². The lowest BCUT2D eigenvalue weighted by Gasteiger charge is -2.05. The Kier molecular flexibility index (Phi) is 2.85. The van der Waals surface area contributed by atoms with Gasteiger partial charge in [0.15, 0.2) is 0 Å². The number of benzene rings is 1.